The summed E-state index contributed by atoms with van der Waals surface area (Å²) in [7, 11) is 0. The zero-order chi connectivity index (χ0) is 7.98. The second-order valence-electron chi connectivity index (χ2n) is 1.45. The SMILES string of the molecule is O=S(O)CC=CCS(=O)O.[KH]. The quantitative estimate of drug-likeness (QED) is 0.377. The molecule has 2 unspecified atom stereocenters. The van der Waals surface area contributed by atoms with Crippen LogP contribution in [-0.4, -0.2) is 80.4 Å². The van der Waals surface area contributed by atoms with Gasteiger partial charge in [-0.15, -0.1) is 0 Å². The number of hydrogen-bond acceptors (Lipinski definition) is 2. The average Bonchev–Trinajstić information content (AvgIpc) is 1.79. The van der Waals surface area contributed by atoms with Gasteiger partial charge in [0.15, 0.2) is 22.2 Å². The van der Waals surface area contributed by atoms with E-state index in [2.05, 4.69) is 0 Å². The molecule has 0 saturated carbocycles. The first-order chi connectivity index (χ1) is 4.63. The van der Waals surface area contributed by atoms with Crippen molar-refractivity contribution >= 4 is 73.5 Å². The van der Waals surface area contributed by atoms with Crippen LogP contribution in [0.2, 0.25) is 0 Å². The van der Waals surface area contributed by atoms with Gasteiger partial charge in [-0.2, -0.15) is 0 Å². The van der Waals surface area contributed by atoms with Gasteiger partial charge >= 0.3 is 51.4 Å². The Morgan fingerprint density at radius 3 is 1.45 bits per heavy atom. The summed E-state index contributed by atoms with van der Waals surface area (Å²) >= 11 is -3.70. The van der Waals surface area contributed by atoms with Crippen LogP contribution >= 0.6 is 0 Å². The van der Waals surface area contributed by atoms with Crippen LogP contribution in [0.5, 0.6) is 0 Å². The third kappa shape index (κ3) is 14.5. The predicted octanol–water partition coefficient (Wildman–Crippen LogP) is -0.662. The second kappa shape index (κ2) is 9.68. The number of hydrogen-bond donors (Lipinski definition) is 2. The van der Waals surface area contributed by atoms with Crippen LogP contribution in [0.4, 0.5) is 0 Å². The van der Waals surface area contributed by atoms with E-state index in [1.54, 1.807) is 0 Å². The van der Waals surface area contributed by atoms with Crippen molar-refractivity contribution in [3.63, 3.8) is 0 Å². The van der Waals surface area contributed by atoms with Crippen LogP contribution < -0.4 is 0 Å². The zero-order valence-corrected chi connectivity index (χ0v) is 6.73. The Morgan fingerprint density at radius 1 is 1.00 bits per heavy atom. The molecule has 0 spiro atoms. The van der Waals surface area contributed by atoms with Crippen LogP contribution in [0.3, 0.4) is 0 Å². The van der Waals surface area contributed by atoms with Gasteiger partial charge in [0.2, 0.25) is 0 Å². The first-order valence-electron chi connectivity index (χ1n) is 2.43. The molecule has 0 rings (SSSR count). The molecule has 0 aromatic carbocycles. The summed E-state index contributed by atoms with van der Waals surface area (Å²) < 4.78 is 36.3. The summed E-state index contributed by atoms with van der Waals surface area (Å²) in [6.45, 7) is 0. The third-order valence-electron chi connectivity index (χ3n) is 0.644. The molecule has 11 heavy (non-hydrogen) atoms. The molecule has 0 aliphatic rings. The molecule has 62 valence electrons. The Labute approximate surface area is 113 Å². The molecule has 4 nitrogen and oxygen atoms in total. The van der Waals surface area contributed by atoms with E-state index in [0.717, 1.165) is 0 Å². The molecular weight excluding hydrogens is 215 g/mol. The van der Waals surface area contributed by atoms with Crippen LogP contribution in [0, 0.1) is 0 Å². The molecule has 0 fully saturated rings. The summed E-state index contributed by atoms with van der Waals surface area (Å²) in [6.07, 6.45) is 2.79. The second-order valence-corrected chi connectivity index (χ2v) is 3.40. The molecule has 7 heteroatoms. The van der Waals surface area contributed by atoms with E-state index in [0.29, 0.717) is 0 Å². The summed E-state index contributed by atoms with van der Waals surface area (Å²) in [6, 6.07) is 0. The van der Waals surface area contributed by atoms with Crippen LogP contribution in [-0.2, 0) is 22.2 Å². The first-order valence-corrected chi connectivity index (χ1v) is 4.98. The van der Waals surface area contributed by atoms with Gasteiger partial charge in [0, 0.05) is 0 Å². The zero-order valence-electron chi connectivity index (χ0n) is 5.10. The van der Waals surface area contributed by atoms with E-state index >= 15 is 0 Å². The summed E-state index contributed by atoms with van der Waals surface area (Å²) in [4.78, 5) is 0. The van der Waals surface area contributed by atoms with Crippen molar-refractivity contribution in [3.05, 3.63) is 12.2 Å². The fourth-order valence-electron chi connectivity index (χ4n) is 0.301. The minimum absolute atomic E-state index is 0. The van der Waals surface area contributed by atoms with Crippen molar-refractivity contribution in [3.8, 4) is 0 Å². The summed E-state index contributed by atoms with van der Waals surface area (Å²) in [5.74, 6) is 0.0222. The maximum absolute atomic E-state index is 9.97. The van der Waals surface area contributed by atoms with Gasteiger partial charge in [-0.05, 0) is 0 Å². The van der Waals surface area contributed by atoms with Crippen LogP contribution in [0.25, 0.3) is 0 Å². The average molecular weight is 224 g/mol. The monoisotopic (exact) mass is 224 g/mol. The van der Waals surface area contributed by atoms with Crippen molar-refractivity contribution in [2.45, 2.75) is 0 Å². The van der Waals surface area contributed by atoms with Gasteiger partial charge in [0.05, 0.1) is 11.5 Å². The van der Waals surface area contributed by atoms with Crippen molar-refractivity contribution < 1.29 is 17.5 Å². The molecule has 0 saturated heterocycles. The molecule has 0 heterocycles. The van der Waals surface area contributed by atoms with Gasteiger partial charge in [0.25, 0.3) is 0 Å². The van der Waals surface area contributed by atoms with Gasteiger partial charge in [-0.1, -0.05) is 12.2 Å². The van der Waals surface area contributed by atoms with E-state index in [1.165, 1.54) is 12.2 Å². The Kier molecular flexibility index (Phi) is 13.3. The molecule has 0 amide bonds. The molecule has 0 aromatic rings. The summed E-state index contributed by atoms with van der Waals surface area (Å²) in [5.41, 5.74) is 0. The predicted molar refractivity (Wildman–Crippen MR) is 47.6 cm³/mol. The Balaban J connectivity index is 0. The molecule has 0 aliphatic heterocycles. The molecule has 0 aromatic heterocycles. The number of rotatable bonds is 4. The van der Waals surface area contributed by atoms with E-state index in [4.69, 9.17) is 9.11 Å². The van der Waals surface area contributed by atoms with Crippen LogP contribution in [0.1, 0.15) is 0 Å². The van der Waals surface area contributed by atoms with E-state index in [9.17, 15) is 8.42 Å². The molecule has 2 atom stereocenters. The van der Waals surface area contributed by atoms with E-state index in [-0.39, 0.29) is 62.9 Å². The molecule has 0 bridgehead atoms. The standard InChI is InChI=1S/C4H8O4S2.K.H/c5-9(6)3-1-2-4-10(7)8;;/h1-2H,3-4H2,(H,5,6)(H,7,8);;. The van der Waals surface area contributed by atoms with Crippen molar-refractivity contribution in [1.29, 1.82) is 0 Å². The Morgan fingerprint density at radius 2 is 1.27 bits per heavy atom. The third-order valence-corrected chi connectivity index (χ3v) is 1.60. The molecule has 0 radical (unpaired) electrons. The fraction of sp³-hybridized carbons (Fsp3) is 0.500. The van der Waals surface area contributed by atoms with Crippen molar-refractivity contribution in [2.75, 3.05) is 11.5 Å². The maximum atomic E-state index is 9.97. The fourth-order valence-corrected chi connectivity index (χ4v) is 0.902. The van der Waals surface area contributed by atoms with Gasteiger partial charge in [0.1, 0.15) is 0 Å². The van der Waals surface area contributed by atoms with Gasteiger partial charge < -0.3 is 9.11 Å². The Bertz CT molecular complexity index is 151. The van der Waals surface area contributed by atoms with Crippen molar-refractivity contribution in [1.82, 2.24) is 0 Å². The van der Waals surface area contributed by atoms with E-state index < -0.39 is 22.2 Å². The summed E-state index contributed by atoms with van der Waals surface area (Å²) in [5, 5.41) is 0. The topological polar surface area (TPSA) is 74.6 Å². The minimum atomic E-state index is -1.85. The van der Waals surface area contributed by atoms with E-state index in [1.807, 2.05) is 0 Å². The van der Waals surface area contributed by atoms with Gasteiger partial charge in [-0.3, -0.25) is 0 Å². The molecule has 2 N–H and O–H groups in total. The Hall–Kier alpha value is 1.60. The van der Waals surface area contributed by atoms with Crippen molar-refractivity contribution in [2.24, 2.45) is 0 Å². The van der Waals surface area contributed by atoms with Gasteiger partial charge in [-0.25, -0.2) is 8.42 Å². The normalized spacial score (nSPS) is 15.8. The van der Waals surface area contributed by atoms with Crippen LogP contribution in [0.15, 0.2) is 12.2 Å². The molecule has 0 aliphatic carbocycles. The first kappa shape index (κ1) is 15.1. The molecular formula is C4H9KO4S2.